The minimum absolute atomic E-state index is 0.245. The van der Waals surface area contributed by atoms with Gasteiger partial charge in [0.05, 0.1) is 5.69 Å². The summed E-state index contributed by atoms with van der Waals surface area (Å²) in [5.74, 6) is -0.245. The third-order valence-electron chi connectivity index (χ3n) is 4.69. The van der Waals surface area contributed by atoms with E-state index >= 15 is 0 Å². The number of benzene rings is 1. The number of sulfonamides is 1. The Hall–Kier alpha value is -1.77. The zero-order chi connectivity index (χ0) is 18.7. The summed E-state index contributed by atoms with van der Waals surface area (Å²) in [5.41, 5.74) is 1.44. The van der Waals surface area contributed by atoms with E-state index in [-0.39, 0.29) is 10.7 Å². The molecule has 0 saturated carbocycles. The van der Waals surface area contributed by atoms with Gasteiger partial charge in [0.2, 0.25) is 10.0 Å². The van der Waals surface area contributed by atoms with Crippen LogP contribution in [0.3, 0.4) is 0 Å². The topological polar surface area (TPSA) is 58.4 Å². The van der Waals surface area contributed by atoms with Gasteiger partial charge < -0.3 is 0 Å². The van der Waals surface area contributed by atoms with E-state index in [1.807, 2.05) is 13.0 Å². The standard InChI is InChI=1S/C18H25FN4O2S/c1-3-22-14-18(15(2)20-22)26(24,25)23-9-5-8-21(10-11-23)13-16-6-4-7-17(19)12-16/h4,6-7,12,14H,3,5,8-11,13H2,1-2H3. The van der Waals surface area contributed by atoms with Crippen molar-refractivity contribution in [2.75, 3.05) is 26.2 Å². The Labute approximate surface area is 154 Å². The molecular weight excluding hydrogens is 355 g/mol. The van der Waals surface area contributed by atoms with Gasteiger partial charge in [-0.15, -0.1) is 0 Å². The van der Waals surface area contributed by atoms with Gasteiger partial charge >= 0.3 is 0 Å². The van der Waals surface area contributed by atoms with E-state index in [0.717, 1.165) is 18.5 Å². The van der Waals surface area contributed by atoms with Crippen molar-refractivity contribution in [2.24, 2.45) is 0 Å². The molecule has 1 aliphatic heterocycles. The number of aromatic nitrogens is 2. The number of rotatable bonds is 5. The lowest BCUT2D eigenvalue weighted by Gasteiger charge is -2.21. The van der Waals surface area contributed by atoms with E-state index in [2.05, 4.69) is 10.00 Å². The van der Waals surface area contributed by atoms with Gasteiger partial charge in [0.1, 0.15) is 10.7 Å². The molecule has 1 aromatic heterocycles. The molecule has 1 aromatic carbocycles. The summed E-state index contributed by atoms with van der Waals surface area (Å²) >= 11 is 0. The van der Waals surface area contributed by atoms with Crippen LogP contribution in [0.1, 0.15) is 24.6 Å². The second kappa shape index (κ2) is 7.85. The molecule has 2 heterocycles. The summed E-state index contributed by atoms with van der Waals surface area (Å²) in [7, 11) is -3.54. The summed E-state index contributed by atoms with van der Waals surface area (Å²) in [6.07, 6.45) is 2.36. The van der Waals surface area contributed by atoms with Crippen LogP contribution in [0, 0.1) is 12.7 Å². The Bertz CT molecular complexity index is 866. The van der Waals surface area contributed by atoms with Gasteiger partial charge in [-0.2, -0.15) is 9.40 Å². The molecule has 8 heteroatoms. The number of halogens is 1. The summed E-state index contributed by atoms with van der Waals surface area (Å²) < 4.78 is 42.6. The van der Waals surface area contributed by atoms with E-state index in [0.29, 0.717) is 38.4 Å². The average Bonchev–Trinajstić information content (AvgIpc) is 2.83. The minimum Gasteiger partial charge on any atom is -0.298 e. The highest BCUT2D eigenvalue weighted by Crippen LogP contribution is 2.21. The lowest BCUT2D eigenvalue weighted by atomic mass is 10.2. The molecule has 0 radical (unpaired) electrons. The van der Waals surface area contributed by atoms with E-state index in [9.17, 15) is 12.8 Å². The maximum absolute atomic E-state index is 13.4. The van der Waals surface area contributed by atoms with Crippen molar-refractivity contribution in [3.8, 4) is 0 Å². The Morgan fingerprint density at radius 1 is 1.19 bits per heavy atom. The highest BCUT2D eigenvalue weighted by molar-refractivity contribution is 7.89. The fourth-order valence-electron chi connectivity index (χ4n) is 3.29. The van der Waals surface area contributed by atoms with Gasteiger partial charge in [0.15, 0.2) is 0 Å². The van der Waals surface area contributed by atoms with Crippen LogP contribution in [0.5, 0.6) is 0 Å². The average molecular weight is 380 g/mol. The lowest BCUT2D eigenvalue weighted by molar-refractivity contribution is 0.278. The van der Waals surface area contributed by atoms with Crippen molar-refractivity contribution in [1.29, 1.82) is 0 Å². The van der Waals surface area contributed by atoms with Crippen LogP contribution >= 0.6 is 0 Å². The molecule has 0 aliphatic carbocycles. The molecule has 0 spiro atoms. The van der Waals surface area contributed by atoms with Gasteiger partial charge in [-0.3, -0.25) is 9.58 Å². The van der Waals surface area contributed by atoms with Crippen molar-refractivity contribution in [1.82, 2.24) is 19.0 Å². The summed E-state index contributed by atoms with van der Waals surface area (Å²) in [6.45, 7) is 7.24. The third kappa shape index (κ3) is 4.13. The van der Waals surface area contributed by atoms with Gasteiger partial charge in [-0.05, 0) is 44.5 Å². The SMILES string of the molecule is CCn1cc(S(=O)(=O)N2CCCN(Cc3cccc(F)c3)CC2)c(C)n1. The Morgan fingerprint density at radius 3 is 2.69 bits per heavy atom. The van der Waals surface area contributed by atoms with E-state index < -0.39 is 10.0 Å². The molecule has 0 N–H and O–H groups in total. The normalized spacial score (nSPS) is 17.3. The molecular formula is C18H25FN4O2S. The zero-order valence-electron chi connectivity index (χ0n) is 15.2. The lowest BCUT2D eigenvalue weighted by Crippen LogP contribution is -2.35. The first kappa shape index (κ1) is 19.0. The summed E-state index contributed by atoms with van der Waals surface area (Å²) in [4.78, 5) is 2.46. The van der Waals surface area contributed by atoms with Crippen LogP contribution < -0.4 is 0 Å². The Kier molecular flexibility index (Phi) is 5.74. The van der Waals surface area contributed by atoms with Crippen molar-refractivity contribution in [2.45, 2.75) is 38.3 Å². The fraction of sp³-hybridized carbons (Fsp3) is 0.500. The first-order chi connectivity index (χ1) is 12.4. The second-order valence-electron chi connectivity index (χ2n) is 6.60. The summed E-state index contributed by atoms with van der Waals surface area (Å²) in [6, 6.07) is 6.55. The van der Waals surface area contributed by atoms with E-state index in [4.69, 9.17) is 0 Å². The van der Waals surface area contributed by atoms with Crippen molar-refractivity contribution in [3.63, 3.8) is 0 Å². The third-order valence-corrected chi connectivity index (χ3v) is 6.69. The molecule has 1 fully saturated rings. The Morgan fingerprint density at radius 2 is 2.00 bits per heavy atom. The van der Waals surface area contributed by atoms with Crippen LogP contribution in [0.2, 0.25) is 0 Å². The highest BCUT2D eigenvalue weighted by Gasteiger charge is 2.29. The largest absolute Gasteiger partial charge is 0.298 e. The molecule has 0 bridgehead atoms. The molecule has 2 aromatic rings. The molecule has 1 saturated heterocycles. The number of aryl methyl sites for hydroxylation is 2. The van der Waals surface area contributed by atoms with E-state index in [1.165, 1.54) is 12.1 Å². The molecule has 142 valence electrons. The molecule has 3 rings (SSSR count). The van der Waals surface area contributed by atoms with Crippen molar-refractivity contribution >= 4 is 10.0 Å². The van der Waals surface area contributed by atoms with Gasteiger partial charge in [-0.1, -0.05) is 12.1 Å². The molecule has 6 nitrogen and oxygen atoms in total. The smallest absolute Gasteiger partial charge is 0.246 e. The first-order valence-corrected chi connectivity index (χ1v) is 10.3. The molecule has 1 aliphatic rings. The van der Waals surface area contributed by atoms with Crippen LogP contribution in [0.15, 0.2) is 35.4 Å². The van der Waals surface area contributed by atoms with Crippen molar-refractivity contribution < 1.29 is 12.8 Å². The van der Waals surface area contributed by atoms with Gasteiger partial charge in [-0.25, -0.2) is 12.8 Å². The predicted octanol–water partition coefficient (Wildman–Crippen LogP) is 2.25. The van der Waals surface area contributed by atoms with Crippen LogP contribution in [0.25, 0.3) is 0 Å². The minimum atomic E-state index is -3.54. The highest BCUT2D eigenvalue weighted by atomic mass is 32.2. The molecule has 0 amide bonds. The van der Waals surface area contributed by atoms with Crippen LogP contribution in [-0.2, 0) is 23.1 Å². The van der Waals surface area contributed by atoms with Crippen LogP contribution in [0.4, 0.5) is 4.39 Å². The Balaban J connectivity index is 1.70. The van der Waals surface area contributed by atoms with E-state index in [1.54, 1.807) is 28.2 Å². The number of hydrogen-bond acceptors (Lipinski definition) is 4. The van der Waals surface area contributed by atoms with Gasteiger partial charge in [0, 0.05) is 38.9 Å². The maximum Gasteiger partial charge on any atom is 0.246 e. The maximum atomic E-state index is 13.4. The molecule has 0 unspecified atom stereocenters. The predicted molar refractivity (Wildman–Crippen MR) is 97.7 cm³/mol. The van der Waals surface area contributed by atoms with Crippen molar-refractivity contribution in [3.05, 3.63) is 47.5 Å². The first-order valence-electron chi connectivity index (χ1n) is 8.91. The monoisotopic (exact) mass is 380 g/mol. The quantitative estimate of drug-likeness (QED) is 0.798. The number of nitrogens with zero attached hydrogens (tertiary/aromatic N) is 4. The fourth-order valence-corrected chi connectivity index (χ4v) is 4.93. The number of hydrogen-bond donors (Lipinski definition) is 0. The zero-order valence-corrected chi connectivity index (χ0v) is 16.0. The summed E-state index contributed by atoms with van der Waals surface area (Å²) in [5, 5.41) is 4.26. The van der Waals surface area contributed by atoms with Crippen LogP contribution in [-0.4, -0.2) is 53.6 Å². The van der Waals surface area contributed by atoms with Gasteiger partial charge in [0.25, 0.3) is 0 Å². The second-order valence-corrected chi connectivity index (χ2v) is 8.50. The molecule has 26 heavy (non-hydrogen) atoms. The molecule has 0 atom stereocenters.